The minimum Gasteiger partial charge on any atom is -0.496 e. The summed E-state index contributed by atoms with van der Waals surface area (Å²) in [6, 6.07) is 9.93. The van der Waals surface area contributed by atoms with Crippen LogP contribution in [0, 0.1) is 19.8 Å². The number of aryl methyl sites for hydroxylation is 2. The first kappa shape index (κ1) is 22.9. The lowest BCUT2D eigenvalue weighted by Crippen LogP contribution is -2.29. The van der Waals surface area contributed by atoms with Gasteiger partial charge in [-0.05, 0) is 45.2 Å². The van der Waals surface area contributed by atoms with E-state index in [-0.39, 0.29) is 24.1 Å². The van der Waals surface area contributed by atoms with Crippen molar-refractivity contribution < 1.29 is 9.53 Å². The molecule has 9 heteroatoms. The second-order valence-electron chi connectivity index (χ2n) is 9.29. The van der Waals surface area contributed by atoms with Crippen LogP contribution in [0.1, 0.15) is 52.5 Å². The zero-order valence-corrected chi connectivity index (χ0v) is 20.5. The van der Waals surface area contributed by atoms with Gasteiger partial charge in [-0.15, -0.1) is 10.2 Å². The molecule has 5 rings (SSSR count). The number of para-hydroxylation sites is 1. The molecule has 1 aliphatic rings. The van der Waals surface area contributed by atoms with Crippen molar-refractivity contribution in [1.82, 2.24) is 29.6 Å². The Labute approximate surface area is 203 Å². The fraction of sp³-hybridized carbons (Fsp3) is 0.385. The van der Waals surface area contributed by atoms with Crippen LogP contribution in [-0.2, 0) is 19.5 Å². The van der Waals surface area contributed by atoms with Gasteiger partial charge in [-0.2, -0.15) is 0 Å². The number of methoxy groups -OCH3 is 1. The molecule has 0 saturated heterocycles. The summed E-state index contributed by atoms with van der Waals surface area (Å²) in [5, 5.41) is 12.2. The molecule has 0 spiro atoms. The van der Waals surface area contributed by atoms with E-state index in [1.54, 1.807) is 19.3 Å². The van der Waals surface area contributed by atoms with Crippen molar-refractivity contribution >= 4 is 16.8 Å². The molecule has 3 aromatic heterocycles. The third-order valence-electron chi connectivity index (χ3n) is 7.23. The van der Waals surface area contributed by atoms with Crippen molar-refractivity contribution in [2.24, 2.45) is 5.92 Å². The van der Waals surface area contributed by atoms with E-state index in [1.165, 1.54) is 7.11 Å². The Morgan fingerprint density at radius 1 is 1.31 bits per heavy atom. The Bertz CT molecular complexity index is 1460. The smallest absolute Gasteiger partial charge is 0.256 e. The predicted octanol–water partition coefficient (Wildman–Crippen LogP) is 3.30. The lowest BCUT2D eigenvalue weighted by Gasteiger charge is -2.30. The van der Waals surface area contributed by atoms with Crippen LogP contribution in [0.4, 0.5) is 0 Å². The molecule has 1 unspecified atom stereocenters. The summed E-state index contributed by atoms with van der Waals surface area (Å²) in [4.78, 5) is 28.7. The summed E-state index contributed by atoms with van der Waals surface area (Å²) in [5.41, 5.74) is 3.41. The van der Waals surface area contributed by atoms with E-state index in [2.05, 4.69) is 42.6 Å². The highest BCUT2D eigenvalue weighted by Crippen LogP contribution is 2.35. The number of fused-ring (bicyclic) bond motifs is 2. The highest BCUT2D eigenvalue weighted by molar-refractivity contribution is 6.08. The first-order valence-corrected chi connectivity index (χ1v) is 11.9. The summed E-state index contributed by atoms with van der Waals surface area (Å²) in [5.74, 6) is 1.64. The number of hydrogen-bond donors (Lipinski definition) is 2. The predicted molar refractivity (Wildman–Crippen MR) is 133 cm³/mol. The van der Waals surface area contributed by atoms with Crippen LogP contribution in [0.25, 0.3) is 10.9 Å². The van der Waals surface area contributed by atoms with E-state index >= 15 is 0 Å². The number of aromatic nitrogens is 5. The van der Waals surface area contributed by atoms with Gasteiger partial charge in [-0.3, -0.25) is 9.59 Å². The molecular weight excluding hydrogens is 444 g/mol. The lowest BCUT2D eigenvalue weighted by atomic mass is 9.90. The number of nitrogens with zero attached hydrogens (tertiary/aromatic N) is 4. The van der Waals surface area contributed by atoms with Gasteiger partial charge in [0.05, 0.1) is 24.8 Å². The van der Waals surface area contributed by atoms with Crippen LogP contribution in [0.2, 0.25) is 0 Å². The minimum absolute atomic E-state index is 0.0738. The standard InChI is InChI=1S/C26H30N6O3/c1-15-11-22(35-4)20(25(33)29-15)13-27-26(34)24-17(3)32(21-8-6-5-7-19(21)24)16(2)18-9-10-31-14-28-30-23(31)12-18/h5-8,11,14,16,18H,9-10,12-13H2,1-4H3,(H,27,34)(H,29,33)/t16-,18?/m1/s1. The highest BCUT2D eigenvalue weighted by atomic mass is 16.5. The molecular formula is C26H30N6O3. The van der Waals surface area contributed by atoms with Crippen LogP contribution in [-0.4, -0.2) is 37.3 Å². The molecule has 0 aliphatic carbocycles. The molecule has 0 fully saturated rings. The molecule has 182 valence electrons. The van der Waals surface area contributed by atoms with Gasteiger partial charge in [0.2, 0.25) is 0 Å². The summed E-state index contributed by atoms with van der Waals surface area (Å²) >= 11 is 0. The zero-order chi connectivity index (χ0) is 24.7. The molecule has 0 radical (unpaired) electrons. The third kappa shape index (κ3) is 4.00. The second kappa shape index (κ2) is 9.05. The minimum atomic E-state index is -0.264. The van der Waals surface area contributed by atoms with Gasteiger partial charge in [0.1, 0.15) is 17.9 Å². The van der Waals surface area contributed by atoms with Crippen molar-refractivity contribution in [3.05, 3.63) is 75.4 Å². The molecule has 0 bridgehead atoms. The number of H-pyrrole nitrogens is 1. The van der Waals surface area contributed by atoms with Gasteiger partial charge in [-0.1, -0.05) is 18.2 Å². The largest absolute Gasteiger partial charge is 0.496 e. The van der Waals surface area contributed by atoms with Crippen molar-refractivity contribution in [2.45, 2.75) is 52.7 Å². The Balaban J connectivity index is 1.46. The van der Waals surface area contributed by atoms with Gasteiger partial charge in [-0.25, -0.2) is 0 Å². The van der Waals surface area contributed by atoms with Gasteiger partial charge in [0, 0.05) is 41.3 Å². The fourth-order valence-electron chi connectivity index (χ4n) is 5.38. The molecule has 2 N–H and O–H groups in total. The Morgan fingerprint density at radius 2 is 2.11 bits per heavy atom. The van der Waals surface area contributed by atoms with E-state index in [9.17, 15) is 9.59 Å². The highest BCUT2D eigenvalue weighted by Gasteiger charge is 2.29. The lowest BCUT2D eigenvalue weighted by molar-refractivity contribution is 0.0951. The average molecular weight is 475 g/mol. The summed E-state index contributed by atoms with van der Waals surface area (Å²) in [6.45, 7) is 6.98. The maximum atomic E-state index is 13.5. The van der Waals surface area contributed by atoms with Crippen molar-refractivity contribution in [3.63, 3.8) is 0 Å². The van der Waals surface area contributed by atoms with E-state index < -0.39 is 0 Å². The number of carbonyl (C=O) groups is 1. The Hall–Kier alpha value is -3.88. The van der Waals surface area contributed by atoms with E-state index in [1.807, 2.05) is 25.1 Å². The Kier molecular flexibility index (Phi) is 5.92. The number of aromatic amines is 1. The Morgan fingerprint density at radius 3 is 2.91 bits per heavy atom. The van der Waals surface area contributed by atoms with Gasteiger partial charge in [0.25, 0.3) is 11.5 Å². The average Bonchev–Trinajstić information content (AvgIpc) is 3.43. The quantitative estimate of drug-likeness (QED) is 0.446. The van der Waals surface area contributed by atoms with E-state index in [0.717, 1.165) is 41.8 Å². The summed E-state index contributed by atoms with van der Waals surface area (Å²) < 4.78 is 9.77. The topological polar surface area (TPSA) is 107 Å². The van der Waals surface area contributed by atoms with Crippen molar-refractivity contribution in [2.75, 3.05) is 7.11 Å². The number of ether oxygens (including phenoxy) is 1. The van der Waals surface area contributed by atoms with Gasteiger partial charge in [0.15, 0.2) is 0 Å². The molecule has 35 heavy (non-hydrogen) atoms. The molecule has 1 aromatic carbocycles. The third-order valence-corrected chi connectivity index (χ3v) is 7.23. The van der Waals surface area contributed by atoms with Crippen LogP contribution in [0.3, 0.4) is 0 Å². The normalized spacial score (nSPS) is 16.2. The number of benzene rings is 1. The van der Waals surface area contributed by atoms with E-state index in [4.69, 9.17) is 4.74 Å². The second-order valence-corrected chi connectivity index (χ2v) is 9.29. The molecule has 1 amide bonds. The number of hydrogen-bond acceptors (Lipinski definition) is 5. The maximum Gasteiger partial charge on any atom is 0.256 e. The SMILES string of the molecule is COc1cc(C)[nH]c(=O)c1CNC(=O)c1c(C)n([C@H](C)C2CCn3cnnc3C2)c2ccccc12. The van der Waals surface area contributed by atoms with Gasteiger partial charge < -0.3 is 24.2 Å². The zero-order valence-electron chi connectivity index (χ0n) is 20.5. The van der Waals surface area contributed by atoms with E-state index in [0.29, 0.717) is 28.5 Å². The van der Waals surface area contributed by atoms with Crippen LogP contribution in [0.5, 0.6) is 5.75 Å². The molecule has 1 aliphatic heterocycles. The van der Waals surface area contributed by atoms with Crippen molar-refractivity contribution in [3.8, 4) is 5.75 Å². The number of carbonyl (C=O) groups excluding carboxylic acids is 1. The van der Waals surface area contributed by atoms with Crippen LogP contribution >= 0.6 is 0 Å². The molecule has 9 nitrogen and oxygen atoms in total. The molecule has 0 saturated carbocycles. The molecule has 4 aromatic rings. The fourth-order valence-corrected chi connectivity index (χ4v) is 5.38. The summed E-state index contributed by atoms with van der Waals surface area (Å²) in [6.07, 6.45) is 3.67. The van der Waals surface area contributed by atoms with Crippen LogP contribution < -0.4 is 15.6 Å². The monoisotopic (exact) mass is 474 g/mol. The van der Waals surface area contributed by atoms with Gasteiger partial charge >= 0.3 is 0 Å². The number of rotatable bonds is 6. The van der Waals surface area contributed by atoms with Crippen LogP contribution in [0.15, 0.2) is 41.5 Å². The van der Waals surface area contributed by atoms with Crippen molar-refractivity contribution in [1.29, 1.82) is 0 Å². The first-order valence-electron chi connectivity index (χ1n) is 11.9. The number of amides is 1. The maximum absolute atomic E-state index is 13.5. The number of nitrogens with one attached hydrogen (secondary N) is 2. The summed E-state index contributed by atoms with van der Waals surface area (Å²) in [7, 11) is 1.52. The molecule has 4 heterocycles. The first-order chi connectivity index (χ1) is 16.9. The number of pyridine rings is 1. The molecule has 2 atom stereocenters.